The van der Waals surface area contributed by atoms with E-state index >= 15 is 0 Å². The minimum atomic E-state index is -0.432. The lowest BCUT2D eigenvalue weighted by Crippen LogP contribution is -2.22. The molecule has 144 valence electrons. The van der Waals surface area contributed by atoms with Crippen LogP contribution < -0.4 is 4.80 Å². The summed E-state index contributed by atoms with van der Waals surface area (Å²) in [5.74, 6) is -0.836. The Balaban J connectivity index is 2.05. The predicted octanol–water partition coefficient (Wildman–Crippen LogP) is 4.29. The van der Waals surface area contributed by atoms with Crippen LogP contribution in [0.1, 0.15) is 16.7 Å². The highest BCUT2D eigenvalue weighted by Gasteiger charge is 2.12. The minimum absolute atomic E-state index is 0.0145. The van der Waals surface area contributed by atoms with Gasteiger partial charge in [-0.2, -0.15) is 4.99 Å². The Morgan fingerprint density at radius 1 is 1.21 bits per heavy atom. The van der Waals surface area contributed by atoms with Gasteiger partial charge >= 0.3 is 5.97 Å². The van der Waals surface area contributed by atoms with Crippen molar-refractivity contribution in [1.82, 2.24) is 4.57 Å². The third-order valence-electron chi connectivity index (χ3n) is 4.33. The Morgan fingerprint density at radius 2 is 1.93 bits per heavy atom. The number of rotatable bonds is 4. The normalized spacial score (nSPS) is 12.1. The van der Waals surface area contributed by atoms with Gasteiger partial charge < -0.3 is 9.30 Å². The molecule has 0 spiro atoms. The van der Waals surface area contributed by atoms with Gasteiger partial charge in [0.05, 0.1) is 17.3 Å². The summed E-state index contributed by atoms with van der Waals surface area (Å²) in [4.78, 5) is 28.9. The molecule has 5 nitrogen and oxygen atoms in total. The molecule has 1 aromatic heterocycles. The number of halogens is 1. The molecule has 1 heterocycles. The molecule has 7 heteroatoms. The van der Waals surface area contributed by atoms with E-state index in [1.807, 2.05) is 44.2 Å². The number of thiazole rings is 1. The number of aryl methyl sites for hydroxylation is 2. The largest absolute Gasteiger partial charge is 0.468 e. The SMILES string of the molecule is COC(=O)Cn1c(=NC(=O)/C=C/c2ccccc2Cl)sc2cc(C)c(C)cc21. The molecule has 28 heavy (non-hydrogen) atoms. The monoisotopic (exact) mass is 414 g/mol. The molecule has 1 amide bonds. The van der Waals surface area contributed by atoms with Crippen LogP contribution in [0, 0.1) is 13.8 Å². The van der Waals surface area contributed by atoms with Crippen LogP contribution in [0.3, 0.4) is 0 Å². The molecule has 0 fully saturated rings. The Kier molecular flexibility index (Phi) is 6.11. The van der Waals surface area contributed by atoms with E-state index in [9.17, 15) is 9.59 Å². The maximum Gasteiger partial charge on any atom is 0.325 e. The van der Waals surface area contributed by atoms with Gasteiger partial charge in [-0.3, -0.25) is 9.59 Å². The number of fused-ring (bicyclic) bond motifs is 1. The lowest BCUT2D eigenvalue weighted by molar-refractivity contribution is -0.141. The Labute approximate surface area is 171 Å². The molecule has 0 atom stereocenters. The van der Waals surface area contributed by atoms with Crippen molar-refractivity contribution in [3.63, 3.8) is 0 Å². The van der Waals surface area contributed by atoms with E-state index in [2.05, 4.69) is 4.99 Å². The molecule has 0 radical (unpaired) electrons. The Morgan fingerprint density at radius 3 is 2.64 bits per heavy atom. The van der Waals surface area contributed by atoms with Gasteiger partial charge in [0.1, 0.15) is 6.54 Å². The molecule has 0 saturated carbocycles. The second-order valence-corrected chi connectivity index (χ2v) is 7.67. The van der Waals surface area contributed by atoms with Gasteiger partial charge in [-0.05, 0) is 54.8 Å². The smallest absolute Gasteiger partial charge is 0.325 e. The van der Waals surface area contributed by atoms with Crippen LogP contribution in [0.2, 0.25) is 5.02 Å². The number of carbonyl (C=O) groups excluding carboxylic acids is 2. The summed E-state index contributed by atoms with van der Waals surface area (Å²) in [6.07, 6.45) is 2.99. The van der Waals surface area contributed by atoms with Crippen molar-refractivity contribution in [1.29, 1.82) is 0 Å². The Hall–Kier alpha value is -2.70. The molecule has 0 saturated heterocycles. The molecular weight excluding hydrogens is 396 g/mol. The first-order valence-electron chi connectivity index (χ1n) is 8.57. The molecule has 3 rings (SSSR count). The number of amides is 1. The molecular formula is C21H19ClN2O3S. The second kappa shape index (κ2) is 8.54. The van der Waals surface area contributed by atoms with Crippen LogP contribution in [0.15, 0.2) is 47.5 Å². The number of carbonyl (C=O) groups is 2. The van der Waals surface area contributed by atoms with Crippen molar-refractivity contribution in [2.75, 3.05) is 7.11 Å². The molecule has 0 aliphatic rings. The molecule has 0 bridgehead atoms. The van der Waals surface area contributed by atoms with Gasteiger partial charge in [0.25, 0.3) is 5.91 Å². The summed E-state index contributed by atoms with van der Waals surface area (Å²) in [5, 5.41) is 0.556. The molecule has 0 aliphatic carbocycles. The van der Waals surface area contributed by atoms with E-state index < -0.39 is 11.9 Å². The lowest BCUT2D eigenvalue weighted by atomic mass is 10.1. The van der Waals surface area contributed by atoms with Crippen LogP contribution in [-0.2, 0) is 20.9 Å². The van der Waals surface area contributed by atoms with Crippen LogP contribution in [0.4, 0.5) is 0 Å². The first kappa shape index (κ1) is 20.0. The van der Waals surface area contributed by atoms with Crippen LogP contribution in [-0.4, -0.2) is 23.6 Å². The van der Waals surface area contributed by atoms with Crippen molar-refractivity contribution in [2.45, 2.75) is 20.4 Å². The first-order chi connectivity index (χ1) is 13.4. The summed E-state index contributed by atoms with van der Waals surface area (Å²) >= 11 is 7.46. The van der Waals surface area contributed by atoms with Crippen molar-refractivity contribution >= 4 is 51.1 Å². The van der Waals surface area contributed by atoms with E-state index in [1.54, 1.807) is 16.7 Å². The highest BCUT2D eigenvalue weighted by atomic mass is 35.5. The Bertz CT molecular complexity index is 1160. The molecule has 3 aromatic rings. The standard InChI is InChI=1S/C21H19ClN2O3S/c1-13-10-17-18(11-14(13)2)28-21(24(17)12-20(26)27-3)23-19(25)9-8-15-6-4-5-7-16(15)22/h4-11H,12H2,1-3H3/b9-8+,23-21?. The van der Waals surface area contributed by atoms with E-state index in [0.717, 1.165) is 26.9 Å². The topological polar surface area (TPSA) is 60.7 Å². The third-order valence-corrected chi connectivity index (χ3v) is 5.71. The molecule has 0 N–H and O–H groups in total. The fraction of sp³-hybridized carbons (Fsp3) is 0.190. The van der Waals surface area contributed by atoms with Gasteiger partial charge in [0.15, 0.2) is 4.80 Å². The quantitative estimate of drug-likeness (QED) is 0.472. The molecule has 2 aromatic carbocycles. The van der Waals surface area contributed by atoms with Gasteiger partial charge in [-0.25, -0.2) is 0 Å². The van der Waals surface area contributed by atoms with Gasteiger partial charge in [0, 0.05) is 11.1 Å². The van der Waals surface area contributed by atoms with Gasteiger partial charge in [0.2, 0.25) is 0 Å². The van der Waals surface area contributed by atoms with E-state index in [1.165, 1.54) is 24.5 Å². The fourth-order valence-electron chi connectivity index (χ4n) is 2.66. The van der Waals surface area contributed by atoms with Crippen LogP contribution >= 0.6 is 22.9 Å². The van der Waals surface area contributed by atoms with E-state index in [0.29, 0.717) is 9.82 Å². The zero-order chi connectivity index (χ0) is 20.3. The molecule has 0 unspecified atom stereocenters. The van der Waals surface area contributed by atoms with E-state index in [4.69, 9.17) is 16.3 Å². The van der Waals surface area contributed by atoms with Crippen molar-refractivity contribution in [3.8, 4) is 0 Å². The average molecular weight is 415 g/mol. The summed E-state index contributed by atoms with van der Waals surface area (Å²) in [6, 6.07) is 11.3. The highest BCUT2D eigenvalue weighted by molar-refractivity contribution is 7.16. The van der Waals surface area contributed by atoms with Crippen molar-refractivity contribution in [2.24, 2.45) is 4.99 Å². The maximum absolute atomic E-state index is 12.4. The predicted molar refractivity (Wildman–Crippen MR) is 112 cm³/mol. The number of nitrogens with zero attached hydrogens (tertiary/aromatic N) is 2. The van der Waals surface area contributed by atoms with E-state index in [-0.39, 0.29) is 6.54 Å². The van der Waals surface area contributed by atoms with Gasteiger partial charge in [-0.15, -0.1) is 0 Å². The summed E-state index contributed by atoms with van der Waals surface area (Å²) in [7, 11) is 1.33. The fourth-order valence-corrected chi connectivity index (χ4v) is 3.97. The average Bonchev–Trinajstić information content (AvgIpc) is 2.97. The van der Waals surface area contributed by atoms with Crippen molar-refractivity contribution < 1.29 is 14.3 Å². The summed E-state index contributed by atoms with van der Waals surface area (Å²) < 4.78 is 7.45. The zero-order valence-corrected chi connectivity index (χ0v) is 17.3. The number of hydrogen-bond acceptors (Lipinski definition) is 4. The number of benzene rings is 2. The lowest BCUT2D eigenvalue weighted by Gasteiger charge is -2.05. The number of esters is 1. The third kappa shape index (κ3) is 4.40. The zero-order valence-electron chi connectivity index (χ0n) is 15.7. The first-order valence-corrected chi connectivity index (χ1v) is 9.77. The van der Waals surface area contributed by atoms with Crippen LogP contribution in [0.25, 0.3) is 16.3 Å². The second-order valence-electron chi connectivity index (χ2n) is 6.26. The number of hydrogen-bond donors (Lipinski definition) is 0. The summed E-state index contributed by atoms with van der Waals surface area (Å²) in [5.41, 5.74) is 3.81. The number of ether oxygens (including phenoxy) is 1. The van der Waals surface area contributed by atoms with Crippen LogP contribution in [0.5, 0.6) is 0 Å². The summed E-state index contributed by atoms with van der Waals surface area (Å²) in [6.45, 7) is 4.01. The maximum atomic E-state index is 12.4. The molecule has 0 aliphatic heterocycles. The number of aromatic nitrogens is 1. The minimum Gasteiger partial charge on any atom is -0.468 e. The van der Waals surface area contributed by atoms with Gasteiger partial charge in [-0.1, -0.05) is 41.1 Å². The van der Waals surface area contributed by atoms with Crippen molar-refractivity contribution in [3.05, 3.63) is 69.0 Å². The number of methoxy groups -OCH3 is 1. The highest BCUT2D eigenvalue weighted by Crippen LogP contribution is 2.22.